The predicted molar refractivity (Wildman–Crippen MR) is 60.1 cm³/mol. The molecule has 0 fully saturated rings. The van der Waals surface area contributed by atoms with Crippen molar-refractivity contribution in [1.29, 1.82) is 0 Å². The molecule has 1 amide bonds. The maximum absolute atomic E-state index is 13.2. The van der Waals surface area contributed by atoms with Gasteiger partial charge >= 0.3 is 5.91 Å². The first kappa shape index (κ1) is 12.0. The van der Waals surface area contributed by atoms with Gasteiger partial charge in [-0.1, -0.05) is 0 Å². The molecule has 1 aromatic heterocycles. The van der Waals surface area contributed by atoms with Crippen molar-refractivity contribution in [3.8, 4) is 0 Å². The van der Waals surface area contributed by atoms with Crippen molar-refractivity contribution >= 4 is 12.1 Å². The van der Waals surface area contributed by atoms with Gasteiger partial charge in [-0.2, -0.15) is 5.10 Å². The Hall–Kier alpha value is -2.50. The number of hydrogen-bond donors (Lipinski definition) is 1. The summed E-state index contributed by atoms with van der Waals surface area (Å²) in [5.74, 6) is -1.90. The summed E-state index contributed by atoms with van der Waals surface area (Å²) in [5.41, 5.74) is 2.22. The minimum absolute atomic E-state index is 0.0659. The van der Waals surface area contributed by atoms with E-state index in [4.69, 9.17) is 4.42 Å². The van der Waals surface area contributed by atoms with Crippen molar-refractivity contribution in [2.75, 3.05) is 0 Å². The third kappa shape index (κ3) is 2.79. The summed E-state index contributed by atoms with van der Waals surface area (Å²) in [4.78, 5) is 11.4. The molecule has 1 aromatic carbocycles. The lowest BCUT2D eigenvalue weighted by atomic mass is 10.2. The first-order valence-electron chi connectivity index (χ1n) is 4.99. The molecule has 6 heteroatoms. The van der Waals surface area contributed by atoms with E-state index in [0.29, 0.717) is 0 Å². The Bertz CT molecular complexity index is 580. The summed E-state index contributed by atoms with van der Waals surface area (Å²) in [7, 11) is 0. The number of hydrogen-bond acceptors (Lipinski definition) is 3. The van der Waals surface area contributed by atoms with Gasteiger partial charge in [0.15, 0.2) is 5.76 Å². The summed E-state index contributed by atoms with van der Waals surface area (Å²) < 4.78 is 30.6. The fraction of sp³-hybridized carbons (Fsp3) is 0. The van der Waals surface area contributed by atoms with E-state index >= 15 is 0 Å². The second-order valence-corrected chi connectivity index (χ2v) is 3.34. The second-order valence-electron chi connectivity index (χ2n) is 3.34. The smallest absolute Gasteiger partial charge is 0.307 e. The third-order valence-corrected chi connectivity index (χ3v) is 2.08. The Morgan fingerprint density at radius 2 is 2.17 bits per heavy atom. The molecule has 0 spiro atoms. The SMILES string of the molecule is O=C(NN=Cc1ccc(F)cc1F)c1ccco1. The predicted octanol–water partition coefficient (Wildman–Crippen LogP) is 2.32. The fourth-order valence-corrected chi connectivity index (χ4v) is 1.23. The van der Waals surface area contributed by atoms with Gasteiger partial charge in [-0.15, -0.1) is 0 Å². The highest BCUT2D eigenvalue weighted by Gasteiger charge is 2.06. The van der Waals surface area contributed by atoms with Gasteiger partial charge in [0.05, 0.1) is 12.5 Å². The van der Waals surface area contributed by atoms with Crippen LogP contribution in [-0.4, -0.2) is 12.1 Å². The molecule has 0 aliphatic rings. The number of carbonyl (C=O) groups excluding carboxylic acids is 1. The van der Waals surface area contributed by atoms with Crippen LogP contribution in [0.3, 0.4) is 0 Å². The molecule has 2 rings (SSSR count). The zero-order valence-electron chi connectivity index (χ0n) is 9.06. The van der Waals surface area contributed by atoms with E-state index in [1.165, 1.54) is 18.4 Å². The molecule has 4 nitrogen and oxygen atoms in total. The van der Waals surface area contributed by atoms with E-state index in [-0.39, 0.29) is 11.3 Å². The zero-order chi connectivity index (χ0) is 13.0. The Morgan fingerprint density at radius 1 is 1.33 bits per heavy atom. The Morgan fingerprint density at radius 3 is 2.83 bits per heavy atom. The molecule has 92 valence electrons. The summed E-state index contributed by atoms with van der Waals surface area (Å²) in [6.07, 6.45) is 2.42. The van der Waals surface area contributed by atoms with Gasteiger partial charge in [0.2, 0.25) is 0 Å². The van der Waals surface area contributed by atoms with Crippen molar-refractivity contribution in [3.63, 3.8) is 0 Å². The van der Waals surface area contributed by atoms with Gasteiger partial charge in [-0.25, -0.2) is 14.2 Å². The lowest BCUT2D eigenvalue weighted by molar-refractivity contribution is 0.0927. The average Bonchev–Trinajstić information content (AvgIpc) is 2.85. The van der Waals surface area contributed by atoms with E-state index in [0.717, 1.165) is 18.3 Å². The van der Waals surface area contributed by atoms with Gasteiger partial charge in [0.1, 0.15) is 11.6 Å². The van der Waals surface area contributed by atoms with Crippen LogP contribution in [0.15, 0.2) is 46.1 Å². The summed E-state index contributed by atoms with van der Waals surface area (Å²) in [6, 6.07) is 6.06. The van der Waals surface area contributed by atoms with Gasteiger partial charge in [-0.3, -0.25) is 4.79 Å². The number of furan rings is 1. The van der Waals surface area contributed by atoms with Gasteiger partial charge < -0.3 is 4.42 Å². The van der Waals surface area contributed by atoms with Crippen LogP contribution in [0.1, 0.15) is 16.1 Å². The number of nitrogens with one attached hydrogen (secondary N) is 1. The molecular weight excluding hydrogens is 242 g/mol. The Kier molecular flexibility index (Phi) is 3.47. The molecule has 0 atom stereocenters. The van der Waals surface area contributed by atoms with E-state index < -0.39 is 17.5 Å². The van der Waals surface area contributed by atoms with Crippen LogP contribution in [0.5, 0.6) is 0 Å². The quantitative estimate of drug-likeness (QED) is 0.671. The maximum atomic E-state index is 13.2. The van der Waals surface area contributed by atoms with Crippen LogP contribution in [0, 0.1) is 11.6 Å². The molecule has 0 radical (unpaired) electrons. The van der Waals surface area contributed by atoms with Crippen molar-refractivity contribution < 1.29 is 18.0 Å². The van der Waals surface area contributed by atoms with Crippen molar-refractivity contribution in [2.45, 2.75) is 0 Å². The molecule has 18 heavy (non-hydrogen) atoms. The molecule has 0 aliphatic heterocycles. The number of hydrazone groups is 1. The Labute approximate surface area is 101 Å². The minimum Gasteiger partial charge on any atom is -0.459 e. The molecule has 2 aromatic rings. The monoisotopic (exact) mass is 250 g/mol. The number of halogens is 2. The molecule has 0 saturated heterocycles. The molecule has 0 saturated carbocycles. The summed E-state index contributed by atoms with van der Waals surface area (Å²) in [6.45, 7) is 0. The summed E-state index contributed by atoms with van der Waals surface area (Å²) >= 11 is 0. The highest BCUT2D eigenvalue weighted by Crippen LogP contribution is 2.07. The molecule has 1 heterocycles. The second kappa shape index (κ2) is 5.22. The highest BCUT2D eigenvalue weighted by molar-refractivity contribution is 5.92. The van der Waals surface area contributed by atoms with Crippen LogP contribution >= 0.6 is 0 Å². The average molecular weight is 250 g/mol. The standard InChI is InChI=1S/C12H8F2N2O2/c13-9-4-3-8(10(14)6-9)7-15-16-12(17)11-2-1-5-18-11/h1-7H,(H,16,17). The normalized spacial score (nSPS) is 10.8. The van der Waals surface area contributed by atoms with Crippen LogP contribution < -0.4 is 5.43 Å². The van der Waals surface area contributed by atoms with Crippen molar-refractivity contribution in [2.24, 2.45) is 5.10 Å². The number of nitrogens with zero attached hydrogens (tertiary/aromatic N) is 1. The first-order valence-corrected chi connectivity index (χ1v) is 4.99. The Balaban J connectivity index is 2.01. The van der Waals surface area contributed by atoms with E-state index in [1.54, 1.807) is 6.07 Å². The van der Waals surface area contributed by atoms with Crippen molar-refractivity contribution in [1.82, 2.24) is 5.43 Å². The van der Waals surface area contributed by atoms with Gasteiger partial charge in [-0.05, 0) is 24.3 Å². The van der Waals surface area contributed by atoms with Crippen LogP contribution in [0.25, 0.3) is 0 Å². The van der Waals surface area contributed by atoms with E-state index in [1.807, 2.05) is 0 Å². The van der Waals surface area contributed by atoms with E-state index in [9.17, 15) is 13.6 Å². The van der Waals surface area contributed by atoms with E-state index in [2.05, 4.69) is 10.5 Å². The topological polar surface area (TPSA) is 54.6 Å². The lowest BCUT2D eigenvalue weighted by Gasteiger charge is -1.97. The first-order chi connectivity index (χ1) is 8.66. The number of amides is 1. The largest absolute Gasteiger partial charge is 0.459 e. The minimum atomic E-state index is -0.758. The molecule has 1 N–H and O–H groups in total. The number of carbonyl (C=O) groups is 1. The summed E-state index contributed by atoms with van der Waals surface area (Å²) in [5, 5.41) is 3.54. The molecule has 0 aliphatic carbocycles. The molecule has 0 unspecified atom stereocenters. The molecular formula is C12H8F2N2O2. The molecule has 0 bridgehead atoms. The highest BCUT2D eigenvalue weighted by atomic mass is 19.1. The number of benzene rings is 1. The maximum Gasteiger partial charge on any atom is 0.307 e. The number of rotatable bonds is 3. The zero-order valence-corrected chi connectivity index (χ0v) is 9.06. The van der Waals surface area contributed by atoms with Gasteiger partial charge in [0.25, 0.3) is 0 Å². The third-order valence-electron chi connectivity index (χ3n) is 2.08. The van der Waals surface area contributed by atoms with Crippen LogP contribution in [0.4, 0.5) is 8.78 Å². The van der Waals surface area contributed by atoms with Crippen molar-refractivity contribution in [3.05, 3.63) is 59.6 Å². The van der Waals surface area contributed by atoms with Gasteiger partial charge in [0, 0.05) is 11.6 Å². The van der Waals surface area contributed by atoms with Crippen LogP contribution in [-0.2, 0) is 0 Å². The fourth-order valence-electron chi connectivity index (χ4n) is 1.23. The van der Waals surface area contributed by atoms with Crippen LogP contribution in [0.2, 0.25) is 0 Å². The lowest BCUT2D eigenvalue weighted by Crippen LogP contribution is -2.16.